The maximum absolute atomic E-state index is 6.87. The first-order valence-corrected chi connectivity index (χ1v) is 22.1. The largest absolute Gasteiger partial charge is 0.509 e. The molecule has 62 heavy (non-hydrogen) atoms. The number of anilines is 4. The maximum atomic E-state index is 6.87. The minimum Gasteiger partial charge on any atom is -0.509 e. The molecule has 0 unspecified atom stereocenters. The van der Waals surface area contributed by atoms with Gasteiger partial charge in [-0.2, -0.15) is 6.07 Å². The van der Waals surface area contributed by atoms with Crippen LogP contribution in [0.2, 0.25) is 0 Å². The maximum Gasteiger partial charge on any atom is 0.135 e. The van der Waals surface area contributed by atoms with Crippen LogP contribution >= 0.6 is 0 Å². The number of fused-ring (bicyclic) bond motifs is 4. The fraction of sp³-hybridized carbons (Fsp3) is 0.250. The minimum absolute atomic E-state index is 0. The summed E-state index contributed by atoms with van der Waals surface area (Å²) in [6.45, 7) is 18.1. The molecule has 2 aromatic heterocycles. The van der Waals surface area contributed by atoms with Gasteiger partial charge < -0.3 is 19.1 Å². The number of para-hydroxylation sites is 3. The molecule has 0 N–H and O–H groups in total. The smallest absolute Gasteiger partial charge is 0.135 e. The SMILES string of the molecule is CCC(CC)c1cc(Oc2[c-]c3c(cc2)c2ccccc2n3-c2cc(C(CC)CC)ccn2)[c-]c(N2[CH-]N(c3cc(-c4ccccc4)cc(C(C)(C)C)c3)c3ccccc32)c1.[Pt]. The van der Waals surface area contributed by atoms with Crippen LogP contribution in [0, 0.1) is 18.8 Å². The minimum atomic E-state index is -0.0374. The van der Waals surface area contributed by atoms with Crippen molar-refractivity contribution in [1.29, 1.82) is 0 Å². The van der Waals surface area contributed by atoms with Crippen molar-refractivity contribution in [2.75, 3.05) is 9.80 Å². The van der Waals surface area contributed by atoms with Crippen LogP contribution in [0.1, 0.15) is 103 Å². The molecule has 1 aliphatic heterocycles. The van der Waals surface area contributed by atoms with Gasteiger partial charge in [0.2, 0.25) is 0 Å². The Morgan fingerprint density at radius 2 is 1.29 bits per heavy atom. The van der Waals surface area contributed by atoms with Crippen molar-refractivity contribution in [3.63, 3.8) is 0 Å². The van der Waals surface area contributed by atoms with E-state index in [1.165, 1.54) is 27.8 Å². The molecular weight excluding hydrogens is 940 g/mol. The molecule has 0 atom stereocenters. The Labute approximate surface area is 382 Å². The Balaban J connectivity index is 0.00000529. The van der Waals surface area contributed by atoms with E-state index in [2.05, 4.69) is 209 Å². The zero-order valence-electron chi connectivity index (χ0n) is 36.9. The van der Waals surface area contributed by atoms with E-state index in [0.717, 1.165) is 76.1 Å². The summed E-state index contributed by atoms with van der Waals surface area (Å²) in [6, 6.07) is 55.4. The number of ether oxygens (including phenoxy) is 1. The molecule has 5 nitrogen and oxygen atoms in total. The summed E-state index contributed by atoms with van der Waals surface area (Å²) in [4.78, 5) is 9.51. The fourth-order valence-electron chi connectivity index (χ4n) is 9.08. The average molecular weight is 995 g/mol. The number of hydrogen-bond acceptors (Lipinski definition) is 4. The van der Waals surface area contributed by atoms with Crippen molar-refractivity contribution in [1.82, 2.24) is 9.55 Å². The van der Waals surface area contributed by atoms with Gasteiger partial charge in [0.05, 0.1) is 0 Å². The molecule has 0 amide bonds. The molecular formula is C56H55N4OPt-3. The summed E-state index contributed by atoms with van der Waals surface area (Å²) in [6.07, 6.45) is 6.17. The standard InChI is InChI=1S/C56H55N4O.Pt/c1-8-38(9-2)41-27-28-57-55(33-41)60-51-22-16-15-21-49(51)50-26-25-47(36-54(50)60)61-48-32-43(39(10-3)11-4)31-46(35-48)59-37-58(52-23-17-18-24-53(52)59)45-30-42(40-19-13-12-14-20-40)29-44(34-45)56(5,6)7;/h12-34,37-39H,8-11H2,1-7H3;/q-3;. The molecule has 1 aliphatic rings. The van der Waals surface area contributed by atoms with E-state index in [4.69, 9.17) is 9.72 Å². The van der Waals surface area contributed by atoms with Crippen LogP contribution in [0.15, 0.2) is 140 Å². The van der Waals surface area contributed by atoms with Crippen LogP contribution < -0.4 is 14.5 Å². The number of pyridine rings is 1. The topological polar surface area (TPSA) is 33.5 Å². The van der Waals surface area contributed by atoms with E-state index in [1.54, 1.807) is 0 Å². The summed E-state index contributed by atoms with van der Waals surface area (Å²) >= 11 is 0. The molecule has 3 heterocycles. The molecule has 0 bridgehead atoms. The molecule has 0 saturated carbocycles. The van der Waals surface area contributed by atoms with E-state index in [9.17, 15) is 0 Å². The average Bonchev–Trinajstić information content (AvgIpc) is 3.83. The Morgan fingerprint density at radius 3 is 2.02 bits per heavy atom. The first-order valence-electron chi connectivity index (χ1n) is 22.1. The summed E-state index contributed by atoms with van der Waals surface area (Å²) in [5.74, 6) is 3.04. The second kappa shape index (κ2) is 18.0. The van der Waals surface area contributed by atoms with Gasteiger partial charge in [-0.1, -0.05) is 134 Å². The third-order valence-electron chi connectivity index (χ3n) is 12.6. The van der Waals surface area contributed by atoms with Crippen LogP contribution in [0.3, 0.4) is 0 Å². The van der Waals surface area contributed by atoms with Crippen molar-refractivity contribution < 1.29 is 25.8 Å². The predicted octanol–water partition coefficient (Wildman–Crippen LogP) is 15.7. The van der Waals surface area contributed by atoms with Gasteiger partial charge in [-0.05, 0) is 100 Å². The Bertz CT molecular complexity index is 2830. The zero-order valence-corrected chi connectivity index (χ0v) is 39.1. The van der Waals surface area contributed by atoms with Gasteiger partial charge in [0, 0.05) is 61.3 Å². The first-order chi connectivity index (χ1) is 29.7. The third kappa shape index (κ3) is 8.20. The quantitative estimate of drug-likeness (QED) is 0.114. The Morgan fingerprint density at radius 1 is 0.613 bits per heavy atom. The van der Waals surface area contributed by atoms with E-state index >= 15 is 0 Å². The molecule has 6 aromatic carbocycles. The monoisotopic (exact) mass is 994 g/mol. The van der Waals surface area contributed by atoms with Crippen LogP contribution in [-0.2, 0) is 26.5 Å². The van der Waals surface area contributed by atoms with E-state index in [0.29, 0.717) is 23.3 Å². The third-order valence-corrected chi connectivity index (χ3v) is 12.6. The van der Waals surface area contributed by atoms with Crippen LogP contribution in [0.5, 0.6) is 11.5 Å². The first kappa shape index (κ1) is 43.0. The molecule has 0 radical (unpaired) electrons. The Hall–Kier alpha value is -5.64. The zero-order chi connectivity index (χ0) is 42.3. The summed E-state index contributed by atoms with van der Waals surface area (Å²) in [5, 5.41) is 2.28. The van der Waals surface area contributed by atoms with E-state index in [-0.39, 0.29) is 26.5 Å². The molecule has 318 valence electrons. The number of benzene rings is 6. The molecule has 0 spiro atoms. The van der Waals surface area contributed by atoms with Crippen LogP contribution in [0.25, 0.3) is 38.8 Å². The molecule has 8 aromatic rings. The Kier molecular flexibility index (Phi) is 12.5. The normalized spacial score (nSPS) is 12.7. The van der Waals surface area contributed by atoms with E-state index in [1.807, 2.05) is 12.3 Å². The van der Waals surface area contributed by atoms with Gasteiger partial charge in [-0.3, -0.25) is 0 Å². The number of nitrogens with zero attached hydrogens (tertiary/aromatic N) is 4. The van der Waals surface area contributed by atoms with Gasteiger partial charge in [0.1, 0.15) is 5.82 Å². The molecule has 9 rings (SSSR count). The number of aromatic nitrogens is 2. The number of hydrogen-bond donors (Lipinski definition) is 0. The van der Waals surface area contributed by atoms with Crippen molar-refractivity contribution in [3.05, 3.63) is 175 Å². The van der Waals surface area contributed by atoms with Gasteiger partial charge in [-0.25, -0.2) is 4.98 Å². The van der Waals surface area contributed by atoms with Crippen molar-refractivity contribution in [2.45, 2.75) is 91.4 Å². The molecule has 6 heteroatoms. The molecule has 0 fully saturated rings. The second-order valence-corrected chi connectivity index (χ2v) is 17.4. The van der Waals surface area contributed by atoms with Crippen molar-refractivity contribution in [3.8, 4) is 28.4 Å². The van der Waals surface area contributed by atoms with Crippen LogP contribution in [0.4, 0.5) is 22.7 Å². The molecule has 0 saturated heterocycles. The summed E-state index contributed by atoms with van der Waals surface area (Å²) in [7, 11) is 0. The van der Waals surface area contributed by atoms with Crippen molar-refractivity contribution in [2.24, 2.45) is 0 Å². The van der Waals surface area contributed by atoms with Gasteiger partial charge in [-0.15, -0.1) is 53.6 Å². The predicted molar refractivity (Wildman–Crippen MR) is 255 cm³/mol. The molecule has 0 aliphatic carbocycles. The van der Waals surface area contributed by atoms with Gasteiger partial charge >= 0.3 is 0 Å². The second-order valence-electron chi connectivity index (χ2n) is 17.4. The van der Waals surface area contributed by atoms with E-state index < -0.39 is 0 Å². The fourth-order valence-corrected chi connectivity index (χ4v) is 9.08. The number of rotatable bonds is 12. The van der Waals surface area contributed by atoms with Crippen molar-refractivity contribution >= 4 is 44.6 Å². The van der Waals surface area contributed by atoms with Crippen LogP contribution in [-0.4, -0.2) is 9.55 Å². The summed E-state index contributed by atoms with van der Waals surface area (Å²) in [5.41, 5.74) is 12.5. The summed E-state index contributed by atoms with van der Waals surface area (Å²) < 4.78 is 9.11. The van der Waals surface area contributed by atoms with Gasteiger partial charge in [0.15, 0.2) is 0 Å². The van der Waals surface area contributed by atoms with Gasteiger partial charge in [0.25, 0.3) is 0 Å².